The fourth-order valence-corrected chi connectivity index (χ4v) is 8.67. The molecule has 0 radical (unpaired) electrons. The fraction of sp³-hybridized carbons (Fsp3) is 0.538. The van der Waals surface area contributed by atoms with Gasteiger partial charge in [-0.15, -0.1) is 0 Å². The normalized spacial score (nSPS) is 21.1. The van der Waals surface area contributed by atoms with Gasteiger partial charge in [0, 0.05) is 49.7 Å². The average Bonchev–Trinajstić information content (AvgIpc) is 3.49. The molecule has 194 valence electrons. The summed E-state index contributed by atoms with van der Waals surface area (Å²) in [6, 6.07) is 6.01. The van der Waals surface area contributed by atoms with E-state index in [0.29, 0.717) is 16.1 Å². The van der Waals surface area contributed by atoms with Crippen molar-refractivity contribution < 1.29 is 4.21 Å². The fourth-order valence-electron chi connectivity index (χ4n) is 5.84. The predicted octanol–water partition coefficient (Wildman–Crippen LogP) is 6.72. The zero-order valence-electron chi connectivity index (χ0n) is 21.2. The van der Waals surface area contributed by atoms with Crippen LogP contribution in [0.4, 0.5) is 5.95 Å². The highest BCUT2D eigenvalue weighted by Gasteiger charge is 2.48. The van der Waals surface area contributed by atoms with Crippen LogP contribution in [0.15, 0.2) is 46.6 Å². The number of halogens is 2. The third kappa shape index (κ3) is 4.80. The van der Waals surface area contributed by atoms with Gasteiger partial charge in [0.25, 0.3) is 0 Å². The van der Waals surface area contributed by atoms with E-state index in [4.69, 9.17) is 28.2 Å². The molecule has 1 aliphatic heterocycles. The van der Waals surface area contributed by atoms with Gasteiger partial charge in [-0.05, 0) is 64.0 Å². The molecule has 6 nitrogen and oxygen atoms in total. The molecule has 0 N–H and O–H groups in total. The molecule has 36 heavy (non-hydrogen) atoms. The maximum Gasteiger partial charge on any atom is 0.211 e. The number of aromatic nitrogens is 3. The number of benzene rings is 1. The van der Waals surface area contributed by atoms with Gasteiger partial charge in [-0.1, -0.05) is 47.5 Å². The Hall–Kier alpha value is -1.32. The van der Waals surface area contributed by atoms with Crippen LogP contribution in [0, 0.1) is 5.41 Å². The van der Waals surface area contributed by atoms with E-state index in [-0.39, 0.29) is 10.2 Å². The van der Waals surface area contributed by atoms with Crippen LogP contribution in [-0.2, 0) is 11.0 Å². The van der Waals surface area contributed by atoms with E-state index < -0.39 is 11.0 Å². The number of imidazole rings is 1. The Balaban J connectivity index is 1.35. The molecule has 1 unspecified atom stereocenters. The van der Waals surface area contributed by atoms with E-state index in [0.717, 1.165) is 53.7 Å². The summed E-state index contributed by atoms with van der Waals surface area (Å²) in [5, 5.41) is 1.08. The number of hydrogen-bond donors (Lipinski definition) is 0. The first-order valence-electron chi connectivity index (χ1n) is 12.4. The van der Waals surface area contributed by atoms with Gasteiger partial charge in [0.1, 0.15) is 0 Å². The van der Waals surface area contributed by atoms with E-state index >= 15 is 0 Å². The van der Waals surface area contributed by atoms with E-state index in [1.54, 1.807) is 6.07 Å². The number of hydrogen-bond acceptors (Lipinski definition) is 5. The molecule has 10 heteroatoms. The predicted molar refractivity (Wildman–Crippen MR) is 151 cm³/mol. The summed E-state index contributed by atoms with van der Waals surface area (Å²) in [6.45, 7) is 8.05. The molecule has 1 aromatic carbocycles. The van der Waals surface area contributed by atoms with Gasteiger partial charge in [0.15, 0.2) is 5.65 Å². The second-order valence-corrected chi connectivity index (χ2v) is 15.0. The quantitative estimate of drug-likeness (QED) is 0.343. The highest BCUT2D eigenvalue weighted by atomic mass is 35.5. The second kappa shape index (κ2) is 10.1. The number of piperidine rings is 1. The molecule has 1 aliphatic carbocycles. The molecule has 0 bridgehead atoms. The van der Waals surface area contributed by atoms with Crippen molar-refractivity contribution in [3.05, 3.63) is 46.8 Å². The third-order valence-electron chi connectivity index (χ3n) is 7.64. The molecule has 2 fully saturated rings. The maximum atomic E-state index is 13.2. The topological polar surface area (TPSA) is 53.7 Å². The van der Waals surface area contributed by atoms with Crippen molar-refractivity contribution in [3.63, 3.8) is 0 Å². The summed E-state index contributed by atoms with van der Waals surface area (Å²) in [4.78, 5) is 13.7. The van der Waals surface area contributed by atoms with Crippen LogP contribution in [0.3, 0.4) is 0 Å². The van der Waals surface area contributed by atoms with E-state index in [1.807, 2.05) is 30.7 Å². The van der Waals surface area contributed by atoms with E-state index in [1.165, 1.54) is 24.6 Å². The van der Waals surface area contributed by atoms with Crippen molar-refractivity contribution in [2.24, 2.45) is 5.41 Å². The largest absolute Gasteiger partial charge is 0.342 e. The van der Waals surface area contributed by atoms with Crippen LogP contribution in [0.1, 0.15) is 52.9 Å². The summed E-state index contributed by atoms with van der Waals surface area (Å²) in [6.07, 6.45) is 11.4. The molecule has 2 aliphatic rings. The van der Waals surface area contributed by atoms with E-state index in [9.17, 15) is 4.21 Å². The van der Waals surface area contributed by atoms with Crippen molar-refractivity contribution in [1.82, 2.24) is 18.7 Å². The molecule has 2 aromatic heterocycles. The molecule has 2 atom stereocenters. The number of anilines is 1. The van der Waals surface area contributed by atoms with Gasteiger partial charge >= 0.3 is 0 Å². The van der Waals surface area contributed by atoms with Crippen LogP contribution in [0.5, 0.6) is 0 Å². The number of nitrogens with zero attached hydrogens (tertiary/aromatic N) is 5. The minimum atomic E-state index is -1.01. The lowest BCUT2D eigenvalue weighted by Crippen LogP contribution is -2.52. The van der Waals surface area contributed by atoms with Crippen molar-refractivity contribution in [1.29, 1.82) is 0 Å². The maximum absolute atomic E-state index is 13.2. The highest BCUT2D eigenvalue weighted by molar-refractivity contribution is 7.99. The summed E-state index contributed by atoms with van der Waals surface area (Å²) >= 11 is 14.2. The summed E-state index contributed by atoms with van der Waals surface area (Å²) in [7, 11) is 1.05. The lowest BCUT2D eigenvalue weighted by atomic mass is 9.74. The van der Waals surface area contributed by atoms with Gasteiger partial charge in [0.2, 0.25) is 5.95 Å². The minimum absolute atomic E-state index is 0.222. The summed E-state index contributed by atoms with van der Waals surface area (Å²) in [5.41, 5.74) is 1.08. The average molecular weight is 567 g/mol. The Kier molecular flexibility index (Phi) is 7.38. The molecule has 1 spiro atoms. The molecular weight excluding hydrogens is 533 g/mol. The first-order chi connectivity index (χ1) is 17.1. The zero-order chi connectivity index (χ0) is 25.7. The molecule has 5 rings (SSSR count). The third-order valence-corrected chi connectivity index (χ3v) is 11.5. The smallest absolute Gasteiger partial charge is 0.211 e. The molecular formula is C26H33Cl2N5OS2. The lowest BCUT2D eigenvalue weighted by Gasteiger charge is -2.46. The molecule has 1 saturated carbocycles. The lowest BCUT2D eigenvalue weighted by molar-refractivity contribution is 0.134. The van der Waals surface area contributed by atoms with Crippen LogP contribution in [-0.4, -0.2) is 53.8 Å². The highest BCUT2D eigenvalue weighted by Crippen LogP contribution is 2.49. The van der Waals surface area contributed by atoms with Crippen molar-refractivity contribution >= 4 is 57.5 Å². The minimum Gasteiger partial charge on any atom is -0.342 e. The molecule has 3 heterocycles. The Bertz CT molecular complexity index is 1280. The monoisotopic (exact) mass is 565 g/mol. The van der Waals surface area contributed by atoms with Gasteiger partial charge in [-0.25, -0.2) is 18.5 Å². The molecule has 3 aromatic rings. The van der Waals surface area contributed by atoms with Crippen molar-refractivity contribution in [2.75, 3.05) is 25.0 Å². The van der Waals surface area contributed by atoms with Gasteiger partial charge in [-0.3, -0.25) is 4.40 Å². The first kappa shape index (κ1) is 26.3. The van der Waals surface area contributed by atoms with E-state index in [2.05, 4.69) is 46.4 Å². The zero-order valence-corrected chi connectivity index (χ0v) is 24.4. The SMILES string of the molecule is CN(C1CCCC12CCN(c1ncc(Sc3cccc(Cl)c3Cl)c3nccn13)CC2)[S@@](=O)C(C)(C)C. The summed E-state index contributed by atoms with van der Waals surface area (Å²) in [5.74, 6) is 0.917. The van der Waals surface area contributed by atoms with Crippen molar-refractivity contribution in [3.8, 4) is 0 Å². The van der Waals surface area contributed by atoms with Crippen LogP contribution in [0.25, 0.3) is 5.65 Å². The second-order valence-electron chi connectivity index (χ2n) is 10.9. The summed E-state index contributed by atoms with van der Waals surface area (Å²) < 4.78 is 17.2. The van der Waals surface area contributed by atoms with Crippen molar-refractivity contribution in [2.45, 2.75) is 73.5 Å². The Morgan fingerprint density at radius 1 is 1.14 bits per heavy atom. The Morgan fingerprint density at radius 3 is 2.61 bits per heavy atom. The molecule has 0 amide bonds. The Labute approximate surface area is 230 Å². The first-order valence-corrected chi connectivity index (χ1v) is 15.1. The Morgan fingerprint density at radius 2 is 1.89 bits per heavy atom. The molecule has 1 saturated heterocycles. The van der Waals surface area contributed by atoms with Gasteiger partial charge in [-0.2, -0.15) is 0 Å². The van der Waals surface area contributed by atoms with Crippen LogP contribution in [0.2, 0.25) is 10.0 Å². The van der Waals surface area contributed by atoms with Crippen LogP contribution >= 0.6 is 35.0 Å². The van der Waals surface area contributed by atoms with Gasteiger partial charge < -0.3 is 4.90 Å². The number of fused-ring (bicyclic) bond motifs is 1. The number of rotatable bonds is 5. The standard InChI is InChI=1S/C26H33Cl2N5OS2/c1-25(2,3)36(34)31(4)21-9-6-10-26(21)11-14-32(15-12-26)24-30-17-20(23-29-13-16-33(23)24)35-19-8-5-7-18(27)22(19)28/h5,7-8,13,16-17,21H,6,9-12,14-15H2,1-4H3/t21?,36-/m0/s1. The van der Waals surface area contributed by atoms with Gasteiger partial charge in [0.05, 0.1) is 30.7 Å². The van der Waals surface area contributed by atoms with Crippen LogP contribution < -0.4 is 4.90 Å².